The van der Waals surface area contributed by atoms with Crippen molar-refractivity contribution in [1.82, 2.24) is 0 Å². The standard InChI is InChI=1S/C22H44BrO7P/c1-3-4-5-6-7-8-9-10-11-12-13-14-15-21(24)18-28-19-22(27-2)20-30-31(25,26)29-17-16-23/h22H,3-20H2,1-2H3,(H,25,26). The molecule has 31 heavy (non-hydrogen) atoms. The van der Waals surface area contributed by atoms with Crippen LogP contribution in [0.4, 0.5) is 0 Å². The molecule has 0 aliphatic heterocycles. The van der Waals surface area contributed by atoms with Crippen LogP contribution in [0, 0.1) is 0 Å². The Morgan fingerprint density at radius 3 is 1.97 bits per heavy atom. The lowest BCUT2D eigenvalue weighted by Crippen LogP contribution is -2.25. The number of methoxy groups -OCH3 is 1. The lowest BCUT2D eigenvalue weighted by Gasteiger charge is -2.17. The van der Waals surface area contributed by atoms with Crippen molar-refractivity contribution in [3.63, 3.8) is 0 Å². The molecule has 2 atom stereocenters. The number of halogens is 1. The molecule has 0 radical (unpaired) electrons. The number of alkyl halides is 1. The maximum absolute atomic E-state index is 11.9. The predicted molar refractivity (Wildman–Crippen MR) is 128 cm³/mol. The maximum atomic E-state index is 11.9. The number of phosphoric acid groups is 1. The van der Waals surface area contributed by atoms with E-state index in [0.717, 1.165) is 12.8 Å². The summed E-state index contributed by atoms with van der Waals surface area (Å²) in [6, 6.07) is 0. The molecule has 0 fully saturated rings. The summed E-state index contributed by atoms with van der Waals surface area (Å²) in [4.78, 5) is 21.4. The van der Waals surface area contributed by atoms with Gasteiger partial charge in [0.05, 0.1) is 19.8 Å². The van der Waals surface area contributed by atoms with E-state index in [9.17, 15) is 14.3 Å². The van der Waals surface area contributed by atoms with Gasteiger partial charge in [0.2, 0.25) is 0 Å². The van der Waals surface area contributed by atoms with Gasteiger partial charge in [0, 0.05) is 18.9 Å². The Hall–Kier alpha value is 0.180. The van der Waals surface area contributed by atoms with E-state index in [4.69, 9.17) is 18.5 Å². The molecule has 0 amide bonds. The zero-order valence-corrected chi connectivity index (χ0v) is 22.0. The molecule has 0 aromatic heterocycles. The summed E-state index contributed by atoms with van der Waals surface area (Å²) in [6.45, 7) is 2.29. The third-order valence-corrected chi connectivity index (χ3v) is 6.27. The van der Waals surface area contributed by atoms with Crippen molar-refractivity contribution in [3.05, 3.63) is 0 Å². The molecule has 186 valence electrons. The lowest BCUT2D eigenvalue weighted by molar-refractivity contribution is -0.125. The first-order valence-corrected chi connectivity index (χ1v) is 14.4. The molecule has 0 saturated carbocycles. The molecule has 0 bridgehead atoms. The minimum Gasteiger partial charge on any atom is -0.377 e. The first kappa shape index (κ1) is 31.2. The first-order valence-electron chi connectivity index (χ1n) is 11.7. The van der Waals surface area contributed by atoms with Crippen molar-refractivity contribution in [1.29, 1.82) is 0 Å². The summed E-state index contributed by atoms with van der Waals surface area (Å²) < 4.78 is 31.7. The van der Waals surface area contributed by atoms with Crippen LogP contribution in [0.2, 0.25) is 0 Å². The van der Waals surface area contributed by atoms with Gasteiger partial charge in [-0.05, 0) is 6.42 Å². The fourth-order valence-electron chi connectivity index (χ4n) is 3.09. The van der Waals surface area contributed by atoms with Crippen molar-refractivity contribution < 1.29 is 32.8 Å². The Morgan fingerprint density at radius 1 is 0.903 bits per heavy atom. The Labute approximate surface area is 197 Å². The Kier molecular flexibility index (Phi) is 22.1. The van der Waals surface area contributed by atoms with Crippen molar-refractivity contribution in [2.75, 3.05) is 38.9 Å². The molecule has 0 saturated heterocycles. The molecule has 9 heteroatoms. The van der Waals surface area contributed by atoms with E-state index in [0.29, 0.717) is 11.8 Å². The molecule has 0 aliphatic rings. The fraction of sp³-hybridized carbons (Fsp3) is 0.955. The molecule has 0 aromatic carbocycles. The van der Waals surface area contributed by atoms with Crippen LogP contribution < -0.4 is 0 Å². The topological polar surface area (TPSA) is 91.3 Å². The van der Waals surface area contributed by atoms with Crippen LogP contribution in [0.15, 0.2) is 0 Å². The number of carbonyl (C=O) groups is 1. The lowest BCUT2D eigenvalue weighted by atomic mass is 10.0. The monoisotopic (exact) mass is 530 g/mol. The SMILES string of the molecule is CCCCCCCCCCCCCCC(=O)COCC(COP(=O)(O)OCCBr)OC. The fourth-order valence-corrected chi connectivity index (χ4v) is 4.25. The summed E-state index contributed by atoms with van der Waals surface area (Å²) >= 11 is 3.10. The average Bonchev–Trinajstić information content (AvgIpc) is 2.75. The molecular formula is C22H44BrO7P. The number of ketones is 1. The number of carbonyl (C=O) groups excluding carboxylic acids is 1. The number of Topliss-reactive ketones (excluding diaryl/α,β-unsaturated/α-hetero) is 1. The zero-order chi connectivity index (χ0) is 23.2. The quantitative estimate of drug-likeness (QED) is 0.0900. The number of ether oxygens (including phenoxy) is 2. The maximum Gasteiger partial charge on any atom is 0.472 e. The number of rotatable bonds is 24. The Bertz CT molecular complexity index is 465. The summed E-state index contributed by atoms with van der Waals surface area (Å²) in [5, 5.41) is 0.430. The molecule has 7 nitrogen and oxygen atoms in total. The molecule has 0 rings (SSSR count). The normalized spacial score (nSPS) is 14.5. The van der Waals surface area contributed by atoms with E-state index in [1.807, 2.05) is 0 Å². The van der Waals surface area contributed by atoms with Gasteiger partial charge in [0.1, 0.15) is 12.7 Å². The summed E-state index contributed by atoms with van der Waals surface area (Å²) in [6.07, 6.45) is 15.2. The van der Waals surface area contributed by atoms with Crippen LogP contribution in [0.5, 0.6) is 0 Å². The number of phosphoric ester groups is 1. The van der Waals surface area contributed by atoms with Gasteiger partial charge in [0.25, 0.3) is 0 Å². The van der Waals surface area contributed by atoms with E-state index in [2.05, 4.69) is 22.9 Å². The molecule has 1 N–H and O–H groups in total. The van der Waals surface area contributed by atoms with Gasteiger partial charge < -0.3 is 14.4 Å². The largest absolute Gasteiger partial charge is 0.472 e. The zero-order valence-electron chi connectivity index (χ0n) is 19.5. The third-order valence-electron chi connectivity index (χ3n) is 4.96. The van der Waals surface area contributed by atoms with E-state index < -0.39 is 13.9 Å². The minimum absolute atomic E-state index is 0.0226. The smallest absolute Gasteiger partial charge is 0.377 e. The van der Waals surface area contributed by atoms with Gasteiger partial charge in [-0.1, -0.05) is 93.5 Å². The van der Waals surface area contributed by atoms with E-state index in [1.54, 1.807) is 0 Å². The summed E-state index contributed by atoms with van der Waals surface area (Å²) in [5.74, 6) is 0.0661. The van der Waals surface area contributed by atoms with Crippen LogP contribution in [0.1, 0.15) is 90.4 Å². The van der Waals surface area contributed by atoms with E-state index in [1.165, 1.54) is 71.3 Å². The Balaban J connectivity index is 3.58. The minimum atomic E-state index is -4.10. The first-order chi connectivity index (χ1) is 14.9. The van der Waals surface area contributed by atoms with Gasteiger partial charge in [-0.3, -0.25) is 13.8 Å². The highest BCUT2D eigenvalue weighted by molar-refractivity contribution is 9.09. The molecule has 0 aliphatic carbocycles. The van der Waals surface area contributed by atoms with Crippen molar-refractivity contribution >= 4 is 29.5 Å². The molecule has 0 heterocycles. The molecule has 2 unspecified atom stereocenters. The summed E-state index contributed by atoms with van der Waals surface area (Å²) in [5.41, 5.74) is 0. The Morgan fingerprint density at radius 2 is 1.45 bits per heavy atom. The highest BCUT2D eigenvalue weighted by atomic mass is 79.9. The van der Waals surface area contributed by atoms with Crippen LogP contribution in [-0.4, -0.2) is 55.6 Å². The number of hydrogen-bond donors (Lipinski definition) is 1. The second-order valence-electron chi connectivity index (χ2n) is 7.84. The van der Waals surface area contributed by atoms with Gasteiger partial charge in [-0.2, -0.15) is 0 Å². The van der Waals surface area contributed by atoms with Crippen LogP contribution in [-0.2, 0) is 27.9 Å². The summed E-state index contributed by atoms with van der Waals surface area (Å²) in [7, 11) is -2.65. The van der Waals surface area contributed by atoms with E-state index in [-0.39, 0.29) is 32.2 Å². The number of unbranched alkanes of at least 4 members (excludes halogenated alkanes) is 11. The van der Waals surface area contributed by atoms with Crippen molar-refractivity contribution in [2.45, 2.75) is 96.5 Å². The van der Waals surface area contributed by atoms with Crippen LogP contribution in [0.25, 0.3) is 0 Å². The molecular weight excluding hydrogens is 487 g/mol. The predicted octanol–water partition coefficient (Wildman–Crippen LogP) is 6.21. The third kappa shape index (κ3) is 21.8. The average molecular weight is 531 g/mol. The molecule has 0 spiro atoms. The van der Waals surface area contributed by atoms with Crippen LogP contribution >= 0.6 is 23.8 Å². The second-order valence-corrected chi connectivity index (χ2v) is 10.1. The van der Waals surface area contributed by atoms with E-state index >= 15 is 0 Å². The number of hydrogen-bond acceptors (Lipinski definition) is 6. The van der Waals surface area contributed by atoms with Gasteiger partial charge in [-0.25, -0.2) is 4.57 Å². The van der Waals surface area contributed by atoms with Crippen molar-refractivity contribution in [2.24, 2.45) is 0 Å². The highest BCUT2D eigenvalue weighted by Gasteiger charge is 2.23. The molecule has 0 aromatic rings. The van der Waals surface area contributed by atoms with Gasteiger partial charge in [0.15, 0.2) is 5.78 Å². The van der Waals surface area contributed by atoms with Gasteiger partial charge in [-0.15, -0.1) is 0 Å². The van der Waals surface area contributed by atoms with Gasteiger partial charge >= 0.3 is 7.82 Å². The van der Waals surface area contributed by atoms with Crippen LogP contribution in [0.3, 0.4) is 0 Å². The highest BCUT2D eigenvalue weighted by Crippen LogP contribution is 2.43. The second kappa shape index (κ2) is 22.0. The van der Waals surface area contributed by atoms with Crippen molar-refractivity contribution in [3.8, 4) is 0 Å².